The topological polar surface area (TPSA) is 26.0 Å². The fourth-order valence-electron chi connectivity index (χ4n) is 1.62. The maximum absolute atomic E-state index is 5.68. The monoisotopic (exact) mass is 251 g/mol. The Morgan fingerprint density at radius 2 is 2.19 bits per heavy atom. The van der Waals surface area contributed by atoms with Gasteiger partial charge < -0.3 is 5.73 Å². The average molecular weight is 251 g/mol. The van der Waals surface area contributed by atoms with Gasteiger partial charge in [-0.2, -0.15) is 11.8 Å². The first-order valence-corrected chi connectivity index (χ1v) is 7.44. The van der Waals surface area contributed by atoms with Crippen molar-refractivity contribution in [1.29, 1.82) is 0 Å². The second-order valence-corrected chi connectivity index (χ2v) is 6.63. The fourth-order valence-corrected chi connectivity index (χ4v) is 3.42. The first-order valence-electron chi connectivity index (χ1n) is 5.51. The molecule has 0 bridgehead atoms. The number of thiophene rings is 1. The zero-order chi connectivity index (χ0) is 11.5. The molecule has 0 aliphatic rings. The van der Waals surface area contributed by atoms with Crippen molar-refractivity contribution in [2.75, 3.05) is 0 Å². The highest BCUT2D eigenvalue weighted by atomic mass is 32.2. The molecule has 0 aliphatic carbocycles. The van der Waals surface area contributed by atoms with E-state index in [1.54, 1.807) is 0 Å². The molecule has 0 unspecified atom stereocenters. The van der Waals surface area contributed by atoms with E-state index < -0.39 is 0 Å². The van der Waals surface area contributed by atoms with Crippen LogP contribution in [0.2, 0.25) is 0 Å². The summed E-state index contributed by atoms with van der Waals surface area (Å²) in [6.45, 7) is 5.11. The lowest BCUT2D eigenvalue weighted by atomic mass is 10.1. The Bertz CT molecular complexity index is 474. The van der Waals surface area contributed by atoms with Gasteiger partial charge in [-0.05, 0) is 39.3 Å². The lowest BCUT2D eigenvalue weighted by Crippen LogP contribution is -1.95. The first-order chi connectivity index (χ1) is 7.70. The number of rotatable bonds is 4. The van der Waals surface area contributed by atoms with Gasteiger partial charge in [0.2, 0.25) is 0 Å². The maximum Gasteiger partial charge on any atom is 0.0346 e. The van der Waals surface area contributed by atoms with Crippen LogP contribution >= 0.6 is 23.1 Å². The van der Waals surface area contributed by atoms with Crippen molar-refractivity contribution in [2.24, 2.45) is 5.73 Å². The smallest absolute Gasteiger partial charge is 0.0346 e. The van der Waals surface area contributed by atoms with E-state index in [0.29, 0.717) is 11.8 Å². The minimum absolute atomic E-state index is 0.628. The summed E-state index contributed by atoms with van der Waals surface area (Å²) < 4.78 is 1.37. The average Bonchev–Trinajstić information content (AvgIpc) is 2.68. The normalized spacial score (nSPS) is 11.5. The molecule has 0 amide bonds. The third-order valence-electron chi connectivity index (χ3n) is 2.53. The van der Waals surface area contributed by atoms with Crippen molar-refractivity contribution in [2.45, 2.75) is 31.4 Å². The van der Waals surface area contributed by atoms with Gasteiger partial charge in [0.15, 0.2) is 0 Å². The fraction of sp³-hybridized carbons (Fsp3) is 0.385. The highest BCUT2D eigenvalue weighted by molar-refractivity contribution is 7.99. The van der Waals surface area contributed by atoms with Crippen LogP contribution in [0.1, 0.15) is 25.0 Å². The molecule has 2 rings (SSSR count). The summed E-state index contributed by atoms with van der Waals surface area (Å²) in [4.78, 5) is 0. The molecule has 0 fully saturated rings. The third-order valence-corrected chi connectivity index (χ3v) is 4.68. The van der Waals surface area contributed by atoms with Crippen LogP contribution in [0.3, 0.4) is 0 Å². The summed E-state index contributed by atoms with van der Waals surface area (Å²) in [7, 11) is 0. The molecule has 1 nitrogen and oxygen atoms in total. The van der Waals surface area contributed by atoms with E-state index in [9.17, 15) is 0 Å². The minimum Gasteiger partial charge on any atom is -0.326 e. The van der Waals surface area contributed by atoms with Gasteiger partial charge in [-0.15, -0.1) is 11.3 Å². The van der Waals surface area contributed by atoms with Crippen LogP contribution in [0, 0.1) is 0 Å². The van der Waals surface area contributed by atoms with Gasteiger partial charge in [-0.25, -0.2) is 0 Å². The number of hydrogen-bond acceptors (Lipinski definition) is 3. The number of nitrogens with two attached hydrogens (primary N) is 1. The van der Waals surface area contributed by atoms with Gasteiger partial charge in [0.05, 0.1) is 0 Å². The molecule has 0 aliphatic heterocycles. The molecule has 3 heteroatoms. The van der Waals surface area contributed by atoms with Crippen LogP contribution in [0.4, 0.5) is 0 Å². The molecule has 86 valence electrons. The highest BCUT2D eigenvalue weighted by Gasteiger charge is 2.05. The van der Waals surface area contributed by atoms with Gasteiger partial charge in [0.25, 0.3) is 0 Å². The molecule has 16 heavy (non-hydrogen) atoms. The Hall–Kier alpha value is -0.510. The molecule has 2 N–H and O–H groups in total. The van der Waals surface area contributed by atoms with E-state index in [1.165, 1.54) is 21.2 Å². The van der Waals surface area contributed by atoms with E-state index in [4.69, 9.17) is 5.73 Å². The molecule has 2 aromatic rings. The number of hydrogen-bond donors (Lipinski definition) is 1. The predicted molar refractivity (Wildman–Crippen MR) is 76.1 cm³/mol. The minimum atomic E-state index is 0.628. The number of benzene rings is 1. The van der Waals surface area contributed by atoms with Crippen LogP contribution in [0.25, 0.3) is 10.1 Å². The lowest BCUT2D eigenvalue weighted by Gasteiger charge is -2.04. The lowest BCUT2D eigenvalue weighted by molar-refractivity contribution is 1.08. The second-order valence-electron chi connectivity index (χ2n) is 4.16. The molecular weight excluding hydrogens is 234 g/mol. The quantitative estimate of drug-likeness (QED) is 0.888. The van der Waals surface area contributed by atoms with Crippen molar-refractivity contribution in [1.82, 2.24) is 0 Å². The molecule has 0 saturated heterocycles. The summed E-state index contributed by atoms with van der Waals surface area (Å²) >= 11 is 3.82. The van der Waals surface area contributed by atoms with Crippen LogP contribution in [-0.4, -0.2) is 5.25 Å². The standard InChI is InChI=1S/C13H17NS2/c1-9(2)15-7-11-8-16-13-4-3-10(6-14)5-12(11)13/h3-5,8-9H,6-7,14H2,1-2H3. The zero-order valence-corrected chi connectivity index (χ0v) is 11.3. The van der Waals surface area contributed by atoms with Gasteiger partial charge in [-0.1, -0.05) is 19.9 Å². The number of thioether (sulfide) groups is 1. The van der Waals surface area contributed by atoms with Gasteiger partial charge in [-0.3, -0.25) is 0 Å². The SMILES string of the molecule is CC(C)SCc1csc2ccc(CN)cc12. The van der Waals surface area contributed by atoms with Crippen LogP contribution < -0.4 is 5.73 Å². The largest absolute Gasteiger partial charge is 0.326 e. The molecule has 0 atom stereocenters. The van der Waals surface area contributed by atoms with Gasteiger partial charge >= 0.3 is 0 Å². The molecule has 1 aromatic carbocycles. The first kappa shape index (κ1) is 12.0. The van der Waals surface area contributed by atoms with E-state index in [2.05, 4.69) is 37.4 Å². The number of fused-ring (bicyclic) bond motifs is 1. The third kappa shape index (κ3) is 2.59. The molecule has 0 saturated carbocycles. The van der Waals surface area contributed by atoms with Crippen LogP contribution in [-0.2, 0) is 12.3 Å². The van der Waals surface area contributed by atoms with Gasteiger partial charge in [0, 0.05) is 17.0 Å². The zero-order valence-electron chi connectivity index (χ0n) is 9.69. The molecular formula is C13H17NS2. The van der Waals surface area contributed by atoms with Crippen molar-refractivity contribution in [3.05, 3.63) is 34.7 Å². The van der Waals surface area contributed by atoms with Crippen LogP contribution in [0.5, 0.6) is 0 Å². The van der Waals surface area contributed by atoms with Crippen LogP contribution in [0.15, 0.2) is 23.6 Å². The summed E-state index contributed by atoms with van der Waals surface area (Å²) in [6, 6.07) is 6.55. The molecule has 0 spiro atoms. The Morgan fingerprint density at radius 3 is 2.88 bits per heavy atom. The maximum atomic E-state index is 5.68. The van der Waals surface area contributed by atoms with E-state index in [-0.39, 0.29) is 0 Å². The van der Waals surface area contributed by atoms with E-state index >= 15 is 0 Å². The predicted octanol–water partition coefficient (Wildman–Crippen LogP) is 4.00. The molecule has 1 heterocycles. The molecule has 0 radical (unpaired) electrons. The van der Waals surface area contributed by atoms with Gasteiger partial charge in [0.1, 0.15) is 0 Å². The molecule has 1 aromatic heterocycles. The Balaban J connectivity index is 2.30. The van der Waals surface area contributed by atoms with Crippen molar-refractivity contribution in [3.63, 3.8) is 0 Å². The van der Waals surface area contributed by atoms with E-state index in [1.807, 2.05) is 23.1 Å². The Labute approximate surface area is 105 Å². The summed E-state index contributed by atoms with van der Waals surface area (Å²) in [5, 5.41) is 4.36. The van der Waals surface area contributed by atoms with Crippen molar-refractivity contribution in [3.8, 4) is 0 Å². The van der Waals surface area contributed by atoms with Crippen molar-refractivity contribution < 1.29 is 0 Å². The Kier molecular flexibility index (Phi) is 3.90. The second kappa shape index (κ2) is 5.21. The highest BCUT2D eigenvalue weighted by Crippen LogP contribution is 2.30. The summed E-state index contributed by atoms with van der Waals surface area (Å²) in [5.41, 5.74) is 8.36. The summed E-state index contributed by atoms with van der Waals surface area (Å²) in [6.07, 6.45) is 0. The summed E-state index contributed by atoms with van der Waals surface area (Å²) in [5.74, 6) is 1.10. The van der Waals surface area contributed by atoms with Crippen molar-refractivity contribution >= 4 is 33.2 Å². The van der Waals surface area contributed by atoms with E-state index in [0.717, 1.165) is 5.75 Å². The Morgan fingerprint density at radius 1 is 1.38 bits per heavy atom.